The maximum Gasteiger partial charge on any atom is 0.123 e. The smallest absolute Gasteiger partial charge is 0.123 e. The number of ether oxygens (including phenoxy) is 1. The molecule has 6 heteroatoms. The van der Waals surface area contributed by atoms with Crippen LogP contribution in [0.3, 0.4) is 0 Å². The highest BCUT2D eigenvalue weighted by Gasteiger charge is 2.53. The number of methoxy groups -OCH3 is 1. The summed E-state index contributed by atoms with van der Waals surface area (Å²) in [4.78, 5) is 16.0. The molecule has 0 amide bonds. The first kappa shape index (κ1) is 21.0. The van der Waals surface area contributed by atoms with Gasteiger partial charge in [0, 0.05) is 62.3 Å². The Kier molecular flexibility index (Phi) is 5.64. The van der Waals surface area contributed by atoms with Crippen LogP contribution >= 0.6 is 0 Å². The summed E-state index contributed by atoms with van der Waals surface area (Å²) in [5.74, 6) is 0.730. The molecule has 0 bridgehead atoms. The Labute approximate surface area is 188 Å². The van der Waals surface area contributed by atoms with Crippen molar-refractivity contribution in [2.45, 2.75) is 44.1 Å². The normalized spacial score (nSPS) is 18.3. The summed E-state index contributed by atoms with van der Waals surface area (Å²) in [5.41, 5.74) is 5.25. The third kappa shape index (κ3) is 4.37. The summed E-state index contributed by atoms with van der Waals surface area (Å²) in [7, 11) is 1.84. The molecule has 1 saturated heterocycles. The SMILES string of the molecule is COC1(C2CC2)CN(c2cc(Cc3cnccn3)nc(C[C@@H](C)c3ccc(F)cc3)c2)C1. The van der Waals surface area contributed by atoms with Crippen molar-refractivity contribution in [1.29, 1.82) is 0 Å². The number of benzene rings is 1. The molecule has 0 spiro atoms. The van der Waals surface area contributed by atoms with E-state index in [0.717, 1.165) is 42.2 Å². The van der Waals surface area contributed by atoms with E-state index in [1.54, 1.807) is 18.6 Å². The number of pyridine rings is 1. The van der Waals surface area contributed by atoms with Gasteiger partial charge >= 0.3 is 0 Å². The lowest BCUT2D eigenvalue weighted by molar-refractivity contribution is -0.0510. The molecule has 1 aliphatic heterocycles. The predicted molar refractivity (Wildman–Crippen MR) is 122 cm³/mol. The molecule has 0 unspecified atom stereocenters. The Morgan fingerprint density at radius 2 is 1.84 bits per heavy atom. The molecule has 1 aromatic carbocycles. The zero-order valence-corrected chi connectivity index (χ0v) is 18.7. The highest BCUT2D eigenvalue weighted by Crippen LogP contribution is 2.47. The van der Waals surface area contributed by atoms with Gasteiger partial charge in [-0.05, 0) is 60.9 Å². The Hall–Kier alpha value is -2.86. The van der Waals surface area contributed by atoms with Crippen molar-refractivity contribution in [3.05, 3.63) is 83.5 Å². The molecular formula is C26H29FN4O. The second-order valence-electron chi connectivity index (χ2n) is 9.24. The summed E-state index contributed by atoms with van der Waals surface area (Å²) < 4.78 is 19.3. The van der Waals surface area contributed by atoms with E-state index in [9.17, 15) is 4.39 Å². The van der Waals surface area contributed by atoms with Gasteiger partial charge in [-0.2, -0.15) is 0 Å². The van der Waals surface area contributed by atoms with Gasteiger partial charge in [0.05, 0.1) is 5.69 Å². The first-order chi connectivity index (χ1) is 15.5. The zero-order chi connectivity index (χ0) is 22.1. The lowest BCUT2D eigenvalue weighted by Crippen LogP contribution is -2.64. The molecule has 2 aliphatic rings. The van der Waals surface area contributed by atoms with E-state index < -0.39 is 0 Å². The molecule has 3 heterocycles. The van der Waals surface area contributed by atoms with Gasteiger partial charge in [0.2, 0.25) is 0 Å². The number of nitrogens with zero attached hydrogens (tertiary/aromatic N) is 4. The largest absolute Gasteiger partial charge is 0.374 e. The minimum absolute atomic E-state index is 0.00983. The summed E-state index contributed by atoms with van der Waals surface area (Å²) in [6.07, 6.45) is 9.18. The Balaban J connectivity index is 1.39. The monoisotopic (exact) mass is 432 g/mol. The van der Waals surface area contributed by atoms with Crippen molar-refractivity contribution in [2.75, 3.05) is 25.1 Å². The summed E-state index contributed by atoms with van der Waals surface area (Å²) in [6, 6.07) is 11.2. The average molecular weight is 433 g/mol. The maximum atomic E-state index is 13.3. The molecule has 1 atom stereocenters. The quantitative estimate of drug-likeness (QED) is 0.522. The van der Waals surface area contributed by atoms with Crippen LogP contribution in [0.25, 0.3) is 0 Å². The van der Waals surface area contributed by atoms with E-state index in [-0.39, 0.29) is 17.3 Å². The number of rotatable bonds is 8. The molecule has 1 aliphatic carbocycles. The van der Waals surface area contributed by atoms with Crippen LogP contribution < -0.4 is 4.90 Å². The molecule has 1 saturated carbocycles. The lowest BCUT2D eigenvalue weighted by Gasteiger charge is -2.51. The van der Waals surface area contributed by atoms with E-state index >= 15 is 0 Å². The standard InChI is InChI=1S/C26H29FN4O/c1-18(19-3-7-21(27)8-4-19)11-22-13-25(31-16-26(17-31,32-2)20-5-6-20)14-23(30-22)12-24-15-28-9-10-29-24/h3-4,7-10,13-15,18,20H,5-6,11-12,16-17H2,1-2H3/t18-/m1/s1. The first-order valence-corrected chi connectivity index (χ1v) is 11.3. The van der Waals surface area contributed by atoms with E-state index in [1.165, 1.54) is 30.7 Å². The minimum Gasteiger partial charge on any atom is -0.374 e. The Morgan fingerprint density at radius 3 is 2.50 bits per heavy atom. The molecule has 5 nitrogen and oxygen atoms in total. The number of hydrogen-bond donors (Lipinski definition) is 0. The van der Waals surface area contributed by atoms with E-state index in [4.69, 9.17) is 9.72 Å². The molecule has 166 valence electrons. The fraction of sp³-hybridized carbons (Fsp3) is 0.423. The van der Waals surface area contributed by atoms with Gasteiger partial charge in [0.25, 0.3) is 0 Å². The highest BCUT2D eigenvalue weighted by molar-refractivity contribution is 5.53. The number of aromatic nitrogens is 3. The van der Waals surface area contributed by atoms with Gasteiger partial charge in [0.15, 0.2) is 0 Å². The molecule has 0 radical (unpaired) electrons. The molecule has 2 fully saturated rings. The highest BCUT2D eigenvalue weighted by atomic mass is 19.1. The van der Waals surface area contributed by atoms with Gasteiger partial charge in [-0.25, -0.2) is 4.39 Å². The number of anilines is 1. The number of halogens is 1. The third-order valence-electron chi connectivity index (χ3n) is 6.86. The van der Waals surface area contributed by atoms with E-state index in [0.29, 0.717) is 12.3 Å². The van der Waals surface area contributed by atoms with Crippen molar-refractivity contribution < 1.29 is 9.13 Å². The van der Waals surface area contributed by atoms with E-state index in [1.807, 2.05) is 19.2 Å². The van der Waals surface area contributed by atoms with Crippen LogP contribution in [-0.4, -0.2) is 40.8 Å². The van der Waals surface area contributed by atoms with Crippen molar-refractivity contribution in [2.24, 2.45) is 5.92 Å². The second kappa shape index (κ2) is 8.58. The van der Waals surface area contributed by atoms with Crippen LogP contribution in [-0.2, 0) is 17.6 Å². The van der Waals surface area contributed by atoms with Crippen LogP contribution in [0.2, 0.25) is 0 Å². The molecular weight excluding hydrogens is 403 g/mol. The summed E-state index contributed by atoms with van der Waals surface area (Å²) >= 11 is 0. The van der Waals surface area contributed by atoms with Gasteiger partial charge < -0.3 is 9.64 Å². The number of hydrogen-bond acceptors (Lipinski definition) is 5. The predicted octanol–water partition coefficient (Wildman–Crippen LogP) is 4.56. The Bertz CT molecular complexity index is 1060. The van der Waals surface area contributed by atoms with E-state index in [2.05, 4.69) is 33.9 Å². The molecule has 5 rings (SSSR count). The van der Waals surface area contributed by atoms with Crippen molar-refractivity contribution >= 4 is 5.69 Å². The van der Waals surface area contributed by atoms with Crippen molar-refractivity contribution in [3.63, 3.8) is 0 Å². The Morgan fingerprint density at radius 1 is 1.09 bits per heavy atom. The van der Waals surface area contributed by atoms with Crippen LogP contribution in [0.15, 0.2) is 55.0 Å². The van der Waals surface area contributed by atoms with Gasteiger partial charge in [-0.3, -0.25) is 15.0 Å². The fourth-order valence-corrected chi connectivity index (χ4v) is 4.79. The molecule has 3 aromatic rings. The van der Waals surface area contributed by atoms with Crippen LogP contribution in [0.1, 0.15) is 48.3 Å². The minimum atomic E-state index is -0.206. The van der Waals surface area contributed by atoms with Crippen molar-refractivity contribution in [1.82, 2.24) is 15.0 Å². The molecule has 32 heavy (non-hydrogen) atoms. The van der Waals surface area contributed by atoms with Crippen LogP contribution in [0, 0.1) is 11.7 Å². The molecule has 2 aromatic heterocycles. The second-order valence-corrected chi connectivity index (χ2v) is 9.24. The maximum absolute atomic E-state index is 13.3. The van der Waals surface area contributed by atoms with Gasteiger partial charge in [-0.15, -0.1) is 0 Å². The topological polar surface area (TPSA) is 51.1 Å². The summed E-state index contributed by atoms with van der Waals surface area (Å²) in [6.45, 7) is 4.02. The van der Waals surface area contributed by atoms with Gasteiger partial charge in [-0.1, -0.05) is 19.1 Å². The average Bonchev–Trinajstić information content (AvgIpc) is 3.60. The first-order valence-electron chi connectivity index (χ1n) is 11.3. The lowest BCUT2D eigenvalue weighted by atomic mass is 9.87. The van der Waals surface area contributed by atoms with Crippen LogP contribution in [0.4, 0.5) is 10.1 Å². The fourth-order valence-electron chi connectivity index (χ4n) is 4.79. The molecule has 0 N–H and O–H groups in total. The summed E-state index contributed by atoms with van der Waals surface area (Å²) in [5, 5.41) is 0. The zero-order valence-electron chi connectivity index (χ0n) is 18.7. The van der Waals surface area contributed by atoms with Gasteiger partial charge in [0.1, 0.15) is 11.4 Å². The van der Waals surface area contributed by atoms with Crippen LogP contribution in [0.5, 0.6) is 0 Å². The van der Waals surface area contributed by atoms with Crippen molar-refractivity contribution in [3.8, 4) is 0 Å². The third-order valence-corrected chi connectivity index (χ3v) is 6.86.